The van der Waals surface area contributed by atoms with Crippen molar-refractivity contribution >= 4 is 32.3 Å². The van der Waals surface area contributed by atoms with E-state index in [2.05, 4.69) is 83.1 Å². The molecule has 6 nitrogen and oxygen atoms in total. The molecular formula is C72H120O6. The largest absolute Gasteiger partial charge is 0.489 e. The van der Waals surface area contributed by atoms with E-state index in [1.54, 1.807) is 0 Å². The molecule has 4 aromatic rings. The van der Waals surface area contributed by atoms with Gasteiger partial charge in [0, 0.05) is 33.4 Å². The van der Waals surface area contributed by atoms with Crippen LogP contribution in [-0.4, -0.2) is 39.6 Å². The molecule has 444 valence electrons. The minimum absolute atomic E-state index is 0.672. The number of rotatable bonds is 48. The maximum Gasteiger partial charge on any atom is 0.164 e. The lowest BCUT2D eigenvalue weighted by molar-refractivity contribution is 0.256. The van der Waals surface area contributed by atoms with Gasteiger partial charge < -0.3 is 28.4 Å². The van der Waals surface area contributed by atoms with Gasteiger partial charge in [-0.15, -0.1) is 0 Å². The van der Waals surface area contributed by atoms with Crippen molar-refractivity contribution in [3.63, 3.8) is 0 Å². The summed E-state index contributed by atoms with van der Waals surface area (Å²) in [7, 11) is 0. The minimum atomic E-state index is 0.672. The molecule has 0 aliphatic heterocycles. The zero-order valence-electron chi connectivity index (χ0n) is 53.1. The summed E-state index contributed by atoms with van der Waals surface area (Å²) >= 11 is 0. The molecule has 0 aliphatic rings. The van der Waals surface area contributed by atoms with E-state index in [-0.39, 0.29) is 0 Å². The topological polar surface area (TPSA) is 55.4 Å². The highest BCUT2D eigenvalue weighted by Crippen LogP contribution is 2.56. The molecule has 0 amide bonds. The van der Waals surface area contributed by atoms with E-state index >= 15 is 0 Å². The fourth-order valence-corrected chi connectivity index (χ4v) is 12.1. The smallest absolute Gasteiger partial charge is 0.164 e. The van der Waals surface area contributed by atoms with Gasteiger partial charge in [0.05, 0.1) is 39.6 Å². The Morgan fingerprint density at radius 2 is 0.282 bits per heavy atom. The predicted molar refractivity (Wildman–Crippen MR) is 341 cm³/mol. The van der Waals surface area contributed by atoms with Gasteiger partial charge in [-0.3, -0.25) is 0 Å². The lowest BCUT2D eigenvalue weighted by atomic mass is 9.82. The van der Waals surface area contributed by atoms with Crippen molar-refractivity contribution in [3.8, 4) is 34.5 Å². The predicted octanol–water partition coefficient (Wildman–Crippen LogP) is 23.4. The van der Waals surface area contributed by atoms with E-state index in [0.717, 1.165) is 106 Å². The van der Waals surface area contributed by atoms with Crippen LogP contribution < -0.4 is 28.4 Å². The number of aryl methyl sites for hydroxylation is 6. The van der Waals surface area contributed by atoms with Crippen molar-refractivity contribution in [1.82, 2.24) is 0 Å². The molecule has 78 heavy (non-hydrogen) atoms. The Balaban J connectivity index is 2.12. The maximum atomic E-state index is 7.14. The van der Waals surface area contributed by atoms with E-state index in [9.17, 15) is 0 Å². The highest BCUT2D eigenvalue weighted by molar-refractivity contribution is 6.31. The average molecular weight is 1080 g/mol. The van der Waals surface area contributed by atoms with Gasteiger partial charge in [-0.25, -0.2) is 0 Å². The Bertz CT molecular complexity index is 1840. The molecule has 6 heteroatoms. The van der Waals surface area contributed by atoms with Crippen LogP contribution in [0.2, 0.25) is 0 Å². The molecule has 0 aliphatic carbocycles. The fourth-order valence-electron chi connectivity index (χ4n) is 12.1. The average Bonchev–Trinajstić information content (AvgIpc) is 3.23. The molecule has 0 fully saturated rings. The highest BCUT2D eigenvalue weighted by atomic mass is 16.5. The molecule has 0 spiro atoms. The summed E-state index contributed by atoms with van der Waals surface area (Å²) < 4.78 is 42.8. The van der Waals surface area contributed by atoms with Gasteiger partial charge in [-0.1, -0.05) is 234 Å². The lowest BCUT2D eigenvalue weighted by Gasteiger charge is -2.28. The Kier molecular flexibility index (Phi) is 34.2. The zero-order chi connectivity index (χ0) is 56.3. The minimum Gasteiger partial charge on any atom is -0.489 e. The molecule has 0 saturated carbocycles. The van der Waals surface area contributed by atoms with Crippen molar-refractivity contribution in [1.29, 1.82) is 0 Å². The van der Waals surface area contributed by atoms with Crippen molar-refractivity contribution in [2.45, 2.75) is 314 Å². The standard InChI is InChI=1S/C72H120O6/c1-13-19-25-31-37-43-49-73-67-55(7)61-62(56(8)68(67)74-50-44-38-32-26-20-14-2)64-58(10)70(76-52-46-40-34-28-22-16-4)72(78-54-48-42-36-30-24-18-6)60(12)66(64)65-59(11)71(77-53-47-41-35-29-23-17-5)69(57(9)63(61)65)75-51-45-39-33-27-21-15-3/h13-54H2,1-12H3. The monoisotopic (exact) mass is 1080 g/mol. The maximum absolute atomic E-state index is 7.14. The summed E-state index contributed by atoms with van der Waals surface area (Å²) in [6.45, 7) is 31.7. The van der Waals surface area contributed by atoms with Crippen LogP contribution in [0.1, 0.15) is 306 Å². The molecule has 4 aromatic carbocycles. The molecule has 0 radical (unpaired) electrons. The molecule has 0 heterocycles. The van der Waals surface area contributed by atoms with Crippen LogP contribution in [0.25, 0.3) is 32.3 Å². The number of ether oxygens (including phenoxy) is 6. The van der Waals surface area contributed by atoms with Crippen molar-refractivity contribution in [2.24, 2.45) is 0 Å². The van der Waals surface area contributed by atoms with Crippen molar-refractivity contribution in [2.75, 3.05) is 39.6 Å². The van der Waals surface area contributed by atoms with Gasteiger partial charge in [0.2, 0.25) is 0 Å². The van der Waals surface area contributed by atoms with Gasteiger partial charge in [-0.2, -0.15) is 0 Å². The van der Waals surface area contributed by atoms with E-state index in [4.69, 9.17) is 28.4 Å². The SMILES string of the molecule is CCCCCCCCOc1c(OCCCCCCCC)c(C)c2c(c1C)c1c(C)c(OCCCCCCCC)c(OCCCCCCCC)c(C)c1c1c(C)c(OCCCCCCCC)c(OCCCCCCCC)c(C)c21. The molecule has 0 bridgehead atoms. The third-order valence-corrected chi connectivity index (χ3v) is 16.9. The van der Waals surface area contributed by atoms with E-state index < -0.39 is 0 Å². The van der Waals surface area contributed by atoms with Gasteiger partial charge >= 0.3 is 0 Å². The molecule has 0 N–H and O–H groups in total. The normalized spacial score (nSPS) is 11.7. The van der Waals surface area contributed by atoms with Crippen LogP contribution in [0.5, 0.6) is 34.5 Å². The second-order valence-corrected chi connectivity index (χ2v) is 23.7. The Labute approximate surface area is 480 Å². The highest BCUT2D eigenvalue weighted by Gasteiger charge is 2.31. The molecular weight excluding hydrogens is 961 g/mol. The summed E-state index contributed by atoms with van der Waals surface area (Å²) in [4.78, 5) is 0. The first-order valence-corrected chi connectivity index (χ1v) is 33.4. The van der Waals surface area contributed by atoms with Crippen LogP contribution >= 0.6 is 0 Å². The summed E-state index contributed by atoms with van der Waals surface area (Å²) in [5, 5.41) is 7.40. The molecule has 0 saturated heterocycles. The number of hydrogen-bond acceptors (Lipinski definition) is 6. The third kappa shape index (κ3) is 20.5. The van der Waals surface area contributed by atoms with Gasteiger partial charge in [-0.05, 0) is 112 Å². The summed E-state index contributed by atoms with van der Waals surface area (Å²) in [6.07, 6.45) is 43.8. The fraction of sp³-hybridized carbons (Fsp3) is 0.750. The second-order valence-electron chi connectivity index (χ2n) is 23.7. The van der Waals surface area contributed by atoms with Crippen molar-refractivity contribution < 1.29 is 28.4 Å². The molecule has 0 atom stereocenters. The Morgan fingerprint density at radius 3 is 0.410 bits per heavy atom. The number of hydrogen-bond donors (Lipinski definition) is 0. The first kappa shape index (κ1) is 67.0. The van der Waals surface area contributed by atoms with E-state index in [1.165, 1.54) is 225 Å². The first-order valence-electron chi connectivity index (χ1n) is 33.4. The van der Waals surface area contributed by atoms with Crippen LogP contribution in [0, 0.1) is 41.5 Å². The summed E-state index contributed by atoms with van der Waals surface area (Å²) in [5.74, 6) is 5.43. The van der Waals surface area contributed by atoms with Crippen LogP contribution in [0.15, 0.2) is 0 Å². The van der Waals surface area contributed by atoms with Crippen LogP contribution in [0.3, 0.4) is 0 Å². The first-order chi connectivity index (χ1) is 38.2. The third-order valence-electron chi connectivity index (χ3n) is 16.9. The van der Waals surface area contributed by atoms with E-state index in [0.29, 0.717) is 39.6 Å². The summed E-state index contributed by atoms with van der Waals surface area (Å²) in [5.41, 5.74) is 6.87. The number of unbranched alkanes of at least 4 members (excludes halogenated alkanes) is 30. The summed E-state index contributed by atoms with van der Waals surface area (Å²) in [6, 6.07) is 0. The number of benzene rings is 4. The molecule has 0 unspecified atom stereocenters. The Hall–Kier alpha value is -3.54. The van der Waals surface area contributed by atoms with E-state index in [1.807, 2.05) is 0 Å². The molecule has 4 rings (SSSR count). The quantitative estimate of drug-likeness (QED) is 0.0325. The second kappa shape index (κ2) is 39.8. The van der Waals surface area contributed by atoms with Crippen LogP contribution in [0.4, 0.5) is 0 Å². The Morgan fingerprint density at radius 1 is 0.167 bits per heavy atom. The molecule has 0 aromatic heterocycles. The van der Waals surface area contributed by atoms with Crippen molar-refractivity contribution in [3.05, 3.63) is 33.4 Å². The number of fused-ring (bicyclic) bond motifs is 6. The van der Waals surface area contributed by atoms with Gasteiger partial charge in [0.25, 0.3) is 0 Å². The zero-order valence-corrected chi connectivity index (χ0v) is 53.1. The van der Waals surface area contributed by atoms with Gasteiger partial charge in [0.1, 0.15) is 0 Å². The van der Waals surface area contributed by atoms with Gasteiger partial charge in [0.15, 0.2) is 34.5 Å². The van der Waals surface area contributed by atoms with Crippen LogP contribution in [-0.2, 0) is 0 Å². The lowest BCUT2D eigenvalue weighted by Crippen LogP contribution is -2.10.